The van der Waals surface area contributed by atoms with Gasteiger partial charge in [0.15, 0.2) is 0 Å². The molecule has 0 radical (unpaired) electrons. The first-order valence-corrected chi connectivity index (χ1v) is 8.09. The van der Waals surface area contributed by atoms with Crippen molar-refractivity contribution in [2.24, 2.45) is 0 Å². The SMILES string of the molecule is CC(C)Oc1ccc([N+](=O)[O-])cc1Cn1cnnc1[S@](C)=O. The summed E-state index contributed by atoms with van der Waals surface area (Å²) in [7, 11) is -1.30. The average molecular weight is 324 g/mol. The Morgan fingerprint density at radius 2 is 2.18 bits per heavy atom. The topological polar surface area (TPSA) is 100 Å². The van der Waals surface area contributed by atoms with Crippen LogP contribution in [0.25, 0.3) is 0 Å². The third-order valence-corrected chi connectivity index (χ3v) is 3.63. The summed E-state index contributed by atoms with van der Waals surface area (Å²) in [4.78, 5) is 10.5. The van der Waals surface area contributed by atoms with Crippen LogP contribution in [0.2, 0.25) is 0 Å². The maximum absolute atomic E-state index is 11.6. The third-order valence-electron chi connectivity index (χ3n) is 2.80. The Kier molecular flexibility index (Phi) is 4.86. The zero-order valence-electron chi connectivity index (χ0n) is 12.4. The van der Waals surface area contributed by atoms with Gasteiger partial charge in [0.2, 0.25) is 5.16 Å². The molecule has 0 saturated heterocycles. The fourth-order valence-corrected chi connectivity index (χ4v) is 2.53. The van der Waals surface area contributed by atoms with E-state index in [1.54, 1.807) is 10.6 Å². The molecular weight excluding hydrogens is 308 g/mol. The fourth-order valence-electron chi connectivity index (χ4n) is 1.93. The van der Waals surface area contributed by atoms with Crippen LogP contribution in [-0.4, -0.2) is 36.3 Å². The van der Waals surface area contributed by atoms with Gasteiger partial charge in [0.25, 0.3) is 5.69 Å². The van der Waals surface area contributed by atoms with Crippen molar-refractivity contribution >= 4 is 16.5 Å². The van der Waals surface area contributed by atoms with E-state index in [0.717, 1.165) is 0 Å². The summed E-state index contributed by atoms with van der Waals surface area (Å²) in [5.74, 6) is 0.544. The van der Waals surface area contributed by atoms with E-state index in [-0.39, 0.29) is 18.3 Å². The van der Waals surface area contributed by atoms with Crippen molar-refractivity contribution in [2.75, 3.05) is 6.26 Å². The van der Waals surface area contributed by atoms with Crippen molar-refractivity contribution in [3.05, 3.63) is 40.2 Å². The van der Waals surface area contributed by atoms with Crippen molar-refractivity contribution in [3.8, 4) is 5.75 Å². The Labute approximate surface area is 129 Å². The Bertz CT molecular complexity index is 714. The normalized spacial score (nSPS) is 12.4. The summed E-state index contributed by atoms with van der Waals surface area (Å²) >= 11 is 0. The Morgan fingerprint density at radius 1 is 1.45 bits per heavy atom. The molecule has 1 aromatic heterocycles. The van der Waals surface area contributed by atoms with Crippen LogP contribution in [0.15, 0.2) is 29.7 Å². The maximum Gasteiger partial charge on any atom is 0.270 e. The molecule has 1 atom stereocenters. The molecule has 0 bridgehead atoms. The summed E-state index contributed by atoms with van der Waals surface area (Å²) in [6, 6.07) is 4.41. The van der Waals surface area contributed by atoms with Crippen LogP contribution in [0.5, 0.6) is 5.75 Å². The largest absolute Gasteiger partial charge is 0.491 e. The number of non-ortho nitro benzene ring substituents is 1. The van der Waals surface area contributed by atoms with Gasteiger partial charge in [-0.1, -0.05) is 0 Å². The van der Waals surface area contributed by atoms with E-state index in [9.17, 15) is 14.3 Å². The van der Waals surface area contributed by atoms with Gasteiger partial charge in [-0.2, -0.15) is 0 Å². The van der Waals surface area contributed by atoms with Crippen molar-refractivity contribution in [1.82, 2.24) is 14.8 Å². The molecule has 118 valence electrons. The van der Waals surface area contributed by atoms with Gasteiger partial charge < -0.3 is 9.30 Å². The fraction of sp³-hybridized carbons (Fsp3) is 0.385. The molecule has 2 aromatic rings. The number of hydrogen-bond donors (Lipinski definition) is 0. The van der Waals surface area contributed by atoms with Crippen LogP contribution in [-0.2, 0) is 17.3 Å². The van der Waals surface area contributed by atoms with Crippen LogP contribution in [0, 0.1) is 10.1 Å². The quantitative estimate of drug-likeness (QED) is 0.593. The summed E-state index contributed by atoms with van der Waals surface area (Å²) in [6.07, 6.45) is 2.87. The van der Waals surface area contributed by atoms with Crippen molar-refractivity contribution in [3.63, 3.8) is 0 Å². The van der Waals surface area contributed by atoms with Crippen LogP contribution >= 0.6 is 0 Å². The molecule has 0 aliphatic heterocycles. The van der Waals surface area contributed by atoms with E-state index in [0.29, 0.717) is 16.5 Å². The lowest BCUT2D eigenvalue weighted by atomic mass is 10.1. The molecular formula is C13H16N4O4S. The Balaban J connectivity index is 2.42. The second-order valence-electron chi connectivity index (χ2n) is 4.91. The average Bonchev–Trinajstić information content (AvgIpc) is 2.88. The summed E-state index contributed by atoms with van der Waals surface area (Å²) in [6.45, 7) is 3.98. The van der Waals surface area contributed by atoms with Gasteiger partial charge in [0, 0.05) is 24.0 Å². The van der Waals surface area contributed by atoms with E-state index >= 15 is 0 Å². The molecule has 0 amide bonds. The van der Waals surface area contributed by atoms with Gasteiger partial charge in [-0.3, -0.25) is 14.3 Å². The molecule has 1 heterocycles. The van der Waals surface area contributed by atoms with Gasteiger partial charge in [-0.05, 0) is 19.9 Å². The highest BCUT2D eigenvalue weighted by atomic mass is 32.2. The van der Waals surface area contributed by atoms with E-state index in [1.807, 2.05) is 13.8 Å². The first-order valence-electron chi connectivity index (χ1n) is 6.53. The van der Waals surface area contributed by atoms with Crippen molar-refractivity contribution < 1.29 is 13.9 Å². The molecule has 0 spiro atoms. The minimum absolute atomic E-state index is 0.0293. The highest BCUT2D eigenvalue weighted by molar-refractivity contribution is 7.84. The van der Waals surface area contributed by atoms with E-state index in [1.165, 1.54) is 24.7 Å². The molecule has 0 aliphatic carbocycles. The van der Waals surface area contributed by atoms with Crippen LogP contribution in [0.3, 0.4) is 0 Å². The summed E-state index contributed by atoms with van der Waals surface area (Å²) in [5.41, 5.74) is 0.577. The monoisotopic (exact) mass is 324 g/mol. The van der Waals surface area contributed by atoms with Crippen LogP contribution in [0.4, 0.5) is 5.69 Å². The zero-order chi connectivity index (χ0) is 16.3. The van der Waals surface area contributed by atoms with Crippen molar-refractivity contribution in [1.29, 1.82) is 0 Å². The second kappa shape index (κ2) is 6.65. The van der Waals surface area contributed by atoms with Gasteiger partial charge >= 0.3 is 0 Å². The third kappa shape index (κ3) is 3.67. The summed E-state index contributed by atoms with van der Waals surface area (Å²) in [5, 5.41) is 18.8. The predicted octanol–water partition coefficient (Wildman–Crippen LogP) is 1.76. The lowest BCUT2D eigenvalue weighted by Crippen LogP contribution is -2.11. The number of aromatic nitrogens is 3. The van der Waals surface area contributed by atoms with E-state index < -0.39 is 15.7 Å². The van der Waals surface area contributed by atoms with Crippen LogP contribution in [0.1, 0.15) is 19.4 Å². The number of benzene rings is 1. The van der Waals surface area contributed by atoms with Crippen molar-refractivity contribution in [2.45, 2.75) is 31.7 Å². The van der Waals surface area contributed by atoms with Crippen LogP contribution < -0.4 is 4.74 Å². The molecule has 0 saturated carbocycles. The Morgan fingerprint density at radius 3 is 2.77 bits per heavy atom. The molecule has 0 N–H and O–H groups in total. The Hall–Kier alpha value is -2.29. The smallest absolute Gasteiger partial charge is 0.270 e. The van der Waals surface area contributed by atoms with Gasteiger partial charge in [-0.15, -0.1) is 10.2 Å². The maximum atomic E-state index is 11.6. The molecule has 22 heavy (non-hydrogen) atoms. The highest BCUT2D eigenvalue weighted by Crippen LogP contribution is 2.26. The van der Waals surface area contributed by atoms with Gasteiger partial charge in [0.1, 0.15) is 12.1 Å². The van der Waals surface area contributed by atoms with Gasteiger partial charge in [-0.25, -0.2) is 0 Å². The van der Waals surface area contributed by atoms with E-state index in [2.05, 4.69) is 10.2 Å². The van der Waals surface area contributed by atoms with Gasteiger partial charge in [0.05, 0.1) is 28.4 Å². The summed E-state index contributed by atoms with van der Waals surface area (Å²) < 4.78 is 18.9. The number of nitrogens with zero attached hydrogens (tertiary/aromatic N) is 4. The predicted molar refractivity (Wildman–Crippen MR) is 80.3 cm³/mol. The number of nitro benzene ring substituents is 1. The number of hydrogen-bond acceptors (Lipinski definition) is 6. The zero-order valence-corrected chi connectivity index (χ0v) is 13.2. The molecule has 2 rings (SSSR count). The lowest BCUT2D eigenvalue weighted by Gasteiger charge is -2.14. The molecule has 0 fully saturated rings. The number of rotatable bonds is 6. The first kappa shape index (κ1) is 16.1. The lowest BCUT2D eigenvalue weighted by molar-refractivity contribution is -0.384. The number of nitro groups is 1. The minimum atomic E-state index is -1.30. The highest BCUT2D eigenvalue weighted by Gasteiger charge is 2.16. The molecule has 8 nitrogen and oxygen atoms in total. The molecule has 0 aliphatic rings. The second-order valence-corrected chi connectivity index (χ2v) is 6.18. The molecule has 1 aromatic carbocycles. The standard InChI is InChI=1S/C13H16N4O4S/c1-9(2)21-12-5-4-11(17(18)19)6-10(12)7-16-8-14-15-13(16)22(3)20/h4-6,8-9H,7H2,1-3H3/t22-/m0/s1. The molecule has 9 heteroatoms. The van der Waals surface area contributed by atoms with E-state index in [4.69, 9.17) is 4.74 Å². The minimum Gasteiger partial charge on any atom is -0.491 e. The number of ether oxygens (including phenoxy) is 1. The first-order chi connectivity index (χ1) is 10.4. The molecule has 0 unspecified atom stereocenters.